The number of amides is 1. The molecule has 27 heavy (non-hydrogen) atoms. The van der Waals surface area contributed by atoms with Crippen LogP contribution in [0, 0.1) is 0 Å². The van der Waals surface area contributed by atoms with Crippen molar-refractivity contribution in [2.24, 2.45) is 0 Å². The first-order valence-corrected chi connectivity index (χ1v) is 9.37. The number of nitrogens with one attached hydrogen (secondary N) is 1. The van der Waals surface area contributed by atoms with Crippen molar-refractivity contribution in [1.82, 2.24) is 9.78 Å². The zero-order valence-corrected chi connectivity index (χ0v) is 18.2. The summed E-state index contributed by atoms with van der Waals surface area (Å²) in [5, 5.41) is 7.60. The number of halogens is 4. The average molecular weight is 455 g/mol. The summed E-state index contributed by atoms with van der Waals surface area (Å²) in [4.78, 5) is 12.1. The first kappa shape index (κ1) is 22.0. The Kier molecular flexibility index (Phi) is 6.79. The smallest absolute Gasteiger partial charge is 0.412 e. The molecule has 1 N–H and O–H groups in total. The van der Waals surface area contributed by atoms with Gasteiger partial charge in [0.2, 0.25) is 3.79 Å². The first-order valence-electron chi connectivity index (χ1n) is 7.85. The number of hydrogen-bond donors (Lipinski definition) is 1. The van der Waals surface area contributed by atoms with Crippen LogP contribution in [0.25, 0.3) is 5.69 Å². The van der Waals surface area contributed by atoms with Crippen molar-refractivity contribution >= 4 is 58.3 Å². The fourth-order valence-corrected chi connectivity index (χ4v) is 2.52. The second kappa shape index (κ2) is 8.35. The van der Waals surface area contributed by atoms with E-state index in [9.17, 15) is 4.79 Å². The fourth-order valence-electron chi connectivity index (χ4n) is 2.11. The van der Waals surface area contributed by atoms with E-state index in [0.717, 1.165) is 5.69 Å². The topological polar surface area (TPSA) is 65.4 Å². The molecule has 6 nitrogen and oxygen atoms in total. The Morgan fingerprint density at radius 3 is 2.41 bits per heavy atom. The number of carbonyl (C=O) groups is 1. The molecule has 0 fully saturated rings. The molecule has 0 radical (unpaired) electrons. The van der Waals surface area contributed by atoms with Gasteiger partial charge in [-0.15, -0.1) is 0 Å². The number of rotatable bonds is 4. The van der Waals surface area contributed by atoms with Gasteiger partial charge in [-0.3, -0.25) is 5.32 Å². The van der Waals surface area contributed by atoms with Crippen LogP contribution in [0.1, 0.15) is 26.5 Å². The van der Waals surface area contributed by atoms with Crippen LogP contribution in [0.2, 0.25) is 5.02 Å². The quantitative estimate of drug-likeness (QED) is 0.597. The third kappa shape index (κ3) is 6.07. The second-order valence-electron chi connectivity index (χ2n) is 6.71. The van der Waals surface area contributed by atoms with Gasteiger partial charge in [-0.25, -0.2) is 9.48 Å². The molecule has 0 saturated carbocycles. The standard InChI is InChI=1S/C17H19Cl4N3O3/c1-16(2,3)13-8-14(22-15(25)27-9-17(19,20)21)24(23-13)10-5-6-12(26-4)11(18)7-10/h5-8H,9H2,1-4H3,(H,22,25). The van der Waals surface area contributed by atoms with Gasteiger partial charge < -0.3 is 9.47 Å². The van der Waals surface area contributed by atoms with Gasteiger partial charge in [-0.2, -0.15) is 5.10 Å². The van der Waals surface area contributed by atoms with Gasteiger partial charge in [0.25, 0.3) is 0 Å². The summed E-state index contributed by atoms with van der Waals surface area (Å²) in [6, 6.07) is 6.90. The minimum absolute atomic E-state index is 0.251. The Morgan fingerprint density at radius 2 is 1.89 bits per heavy atom. The van der Waals surface area contributed by atoms with Crippen molar-refractivity contribution in [3.63, 3.8) is 0 Å². The normalized spacial score (nSPS) is 12.0. The minimum atomic E-state index is -1.70. The van der Waals surface area contributed by atoms with Gasteiger partial charge in [-0.05, 0) is 18.2 Å². The predicted molar refractivity (Wildman–Crippen MR) is 109 cm³/mol. The van der Waals surface area contributed by atoms with Crippen molar-refractivity contribution < 1.29 is 14.3 Å². The average Bonchev–Trinajstić information content (AvgIpc) is 2.96. The molecular weight excluding hydrogens is 436 g/mol. The molecule has 1 aromatic heterocycles. The number of ether oxygens (including phenoxy) is 2. The van der Waals surface area contributed by atoms with E-state index in [-0.39, 0.29) is 5.41 Å². The highest BCUT2D eigenvalue weighted by molar-refractivity contribution is 6.67. The summed E-state index contributed by atoms with van der Waals surface area (Å²) in [5.41, 5.74) is 1.14. The molecule has 10 heteroatoms. The zero-order chi connectivity index (χ0) is 20.4. The predicted octanol–water partition coefficient (Wildman–Crippen LogP) is 5.75. The second-order valence-corrected chi connectivity index (χ2v) is 9.64. The number of nitrogens with zero attached hydrogens (tertiary/aromatic N) is 2. The summed E-state index contributed by atoms with van der Waals surface area (Å²) in [7, 11) is 1.53. The van der Waals surface area contributed by atoms with E-state index in [1.165, 1.54) is 7.11 Å². The maximum atomic E-state index is 12.1. The number of carbonyl (C=O) groups excluding carboxylic acids is 1. The number of methoxy groups -OCH3 is 1. The van der Waals surface area contributed by atoms with Gasteiger partial charge >= 0.3 is 6.09 Å². The molecule has 2 aromatic rings. The third-order valence-electron chi connectivity index (χ3n) is 3.45. The number of benzene rings is 1. The van der Waals surface area contributed by atoms with E-state index in [2.05, 4.69) is 10.4 Å². The highest BCUT2D eigenvalue weighted by Crippen LogP contribution is 2.31. The molecule has 1 amide bonds. The molecule has 148 valence electrons. The zero-order valence-electron chi connectivity index (χ0n) is 15.1. The Morgan fingerprint density at radius 1 is 1.22 bits per heavy atom. The van der Waals surface area contributed by atoms with Crippen LogP contribution < -0.4 is 10.1 Å². The summed E-state index contributed by atoms with van der Waals surface area (Å²) in [6.45, 7) is 5.63. The lowest BCUT2D eigenvalue weighted by Gasteiger charge is -2.14. The van der Waals surface area contributed by atoms with Crippen molar-refractivity contribution in [2.75, 3.05) is 19.0 Å². The van der Waals surface area contributed by atoms with Crippen LogP contribution in [-0.2, 0) is 10.2 Å². The molecule has 0 aliphatic carbocycles. The number of aromatic nitrogens is 2. The molecule has 1 heterocycles. The molecule has 0 aliphatic heterocycles. The molecule has 2 rings (SSSR count). The molecule has 0 saturated heterocycles. The summed E-state index contributed by atoms with van der Waals surface area (Å²) in [6.07, 6.45) is -0.775. The largest absolute Gasteiger partial charge is 0.495 e. The number of anilines is 1. The van der Waals surface area contributed by atoms with E-state index in [1.807, 2.05) is 20.8 Å². The van der Waals surface area contributed by atoms with Crippen LogP contribution in [-0.4, -0.2) is 33.4 Å². The van der Waals surface area contributed by atoms with Crippen LogP contribution in [0.5, 0.6) is 5.75 Å². The fraction of sp³-hybridized carbons (Fsp3) is 0.412. The van der Waals surface area contributed by atoms with Crippen LogP contribution in [0.15, 0.2) is 24.3 Å². The summed E-state index contributed by atoms with van der Waals surface area (Å²) < 4.78 is 9.94. The highest BCUT2D eigenvalue weighted by atomic mass is 35.6. The number of alkyl halides is 3. The molecule has 0 aliphatic rings. The third-order valence-corrected chi connectivity index (χ3v) is 4.08. The van der Waals surface area contributed by atoms with Gasteiger partial charge in [0.1, 0.15) is 18.2 Å². The van der Waals surface area contributed by atoms with Crippen LogP contribution in [0.4, 0.5) is 10.6 Å². The van der Waals surface area contributed by atoms with E-state index in [1.54, 1.807) is 28.9 Å². The van der Waals surface area contributed by atoms with Gasteiger partial charge in [-0.1, -0.05) is 67.2 Å². The maximum absolute atomic E-state index is 12.1. The molecule has 0 spiro atoms. The van der Waals surface area contributed by atoms with E-state index >= 15 is 0 Å². The Hall–Kier alpha value is -1.34. The Labute approximate surface area is 177 Å². The number of hydrogen-bond acceptors (Lipinski definition) is 4. The monoisotopic (exact) mass is 453 g/mol. The Balaban J connectivity index is 2.37. The van der Waals surface area contributed by atoms with E-state index in [4.69, 9.17) is 55.9 Å². The molecular formula is C17H19Cl4N3O3. The van der Waals surface area contributed by atoms with Crippen molar-refractivity contribution in [2.45, 2.75) is 30.0 Å². The molecule has 0 atom stereocenters. The maximum Gasteiger partial charge on any atom is 0.412 e. The SMILES string of the molecule is COc1ccc(-n2nc(C(C)(C)C)cc2NC(=O)OCC(Cl)(Cl)Cl)cc1Cl. The lowest BCUT2D eigenvalue weighted by atomic mass is 9.92. The van der Waals surface area contributed by atoms with Gasteiger partial charge in [0, 0.05) is 11.5 Å². The lowest BCUT2D eigenvalue weighted by Crippen LogP contribution is -2.22. The van der Waals surface area contributed by atoms with E-state index < -0.39 is 16.5 Å². The summed E-state index contributed by atoms with van der Waals surface area (Å²) in [5.74, 6) is 0.913. The van der Waals surface area contributed by atoms with Gasteiger partial charge in [0.15, 0.2) is 0 Å². The highest BCUT2D eigenvalue weighted by Gasteiger charge is 2.24. The summed E-state index contributed by atoms with van der Waals surface area (Å²) >= 11 is 23.0. The molecule has 1 aromatic carbocycles. The van der Waals surface area contributed by atoms with Crippen molar-refractivity contribution in [1.29, 1.82) is 0 Å². The molecule has 0 bridgehead atoms. The van der Waals surface area contributed by atoms with Crippen LogP contribution >= 0.6 is 46.4 Å². The first-order chi connectivity index (χ1) is 12.4. The van der Waals surface area contributed by atoms with Crippen LogP contribution in [0.3, 0.4) is 0 Å². The lowest BCUT2D eigenvalue weighted by molar-refractivity contribution is 0.163. The minimum Gasteiger partial charge on any atom is -0.495 e. The molecule has 0 unspecified atom stereocenters. The van der Waals surface area contributed by atoms with Crippen molar-refractivity contribution in [3.05, 3.63) is 35.0 Å². The Bertz CT molecular complexity index is 826. The van der Waals surface area contributed by atoms with E-state index in [0.29, 0.717) is 22.3 Å². The van der Waals surface area contributed by atoms with Crippen molar-refractivity contribution in [3.8, 4) is 11.4 Å². The van der Waals surface area contributed by atoms with Gasteiger partial charge in [0.05, 0.1) is 23.5 Å².